The molecule has 5 nitrogen and oxygen atoms in total. The highest BCUT2D eigenvalue weighted by molar-refractivity contribution is 5.75. The molecule has 1 heterocycles. The summed E-state index contributed by atoms with van der Waals surface area (Å²) in [7, 11) is 0. The number of nitrogens with zero attached hydrogens (tertiary/aromatic N) is 2. The van der Waals surface area contributed by atoms with Crippen molar-refractivity contribution in [3.63, 3.8) is 0 Å². The number of amides is 1. The number of hydrogen-bond donors (Lipinski definition) is 1. The number of rotatable bonds is 6. The summed E-state index contributed by atoms with van der Waals surface area (Å²) >= 11 is 0. The van der Waals surface area contributed by atoms with E-state index in [9.17, 15) is 9.59 Å². The summed E-state index contributed by atoms with van der Waals surface area (Å²) in [5.74, 6) is 2.44. The first kappa shape index (κ1) is 17.0. The van der Waals surface area contributed by atoms with Crippen LogP contribution < -0.4 is 10.9 Å². The first-order valence-corrected chi connectivity index (χ1v) is 9.59. The predicted octanol–water partition coefficient (Wildman–Crippen LogP) is 2.85. The molecule has 0 spiro atoms. The maximum Gasteiger partial charge on any atom is 0.267 e. The Bertz CT molecular complexity index is 831. The zero-order valence-corrected chi connectivity index (χ0v) is 14.9. The molecular formula is C21H25N3O2. The second-order valence-corrected chi connectivity index (χ2v) is 7.65. The van der Waals surface area contributed by atoms with Gasteiger partial charge in [-0.3, -0.25) is 9.59 Å². The Labute approximate surface area is 153 Å². The summed E-state index contributed by atoms with van der Waals surface area (Å²) in [5.41, 5.74) is 1.37. The molecule has 1 aromatic carbocycles. The summed E-state index contributed by atoms with van der Waals surface area (Å²) in [6.45, 7) is 0.663. The van der Waals surface area contributed by atoms with E-state index in [0.29, 0.717) is 12.2 Å². The van der Waals surface area contributed by atoms with E-state index in [1.54, 1.807) is 6.07 Å². The minimum atomic E-state index is -0.257. The van der Waals surface area contributed by atoms with Crippen molar-refractivity contribution in [2.75, 3.05) is 6.54 Å². The molecule has 2 saturated carbocycles. The molecule has 2 aliphatic rings. The fourth-order valence-electron chi connectivity index (χ4n) is 4.64. The van der Waals surface area contributed by atoms with Gasteiger partial charge in [-0.1, -0.05) is 36.8 Å². The number of fused-ring (bicyclic) bond motifs is 2. The zero-order chi connectivity index (χ0) is 17.9. The number of benzene rings is 1. The monoisotopic (exact) mass is 351 g/mol. The molecule has 2 fully saturated rings. The summed E-state index contributed by atoms with van der Waals surface area (Å²) < 4.78 is 1.25. The molecule has 2 aromatic rings. The van der Waals surface area contributed by atoms with E-state index in [4.69, 9.17) is 0 Å². The maximum absolute atomic E-state index is 12.2. The summed E-state index contributed by atoms with van der Waals surface area (Å²) in [5, 5.41) is 7.31. The lowest BCUT2D eigenvalue weighted by molar-refractivity contribution is -0.121. The van der Waals surface area contributed by atoms with Crippen molar-refractivity contribution in [1.29, 1.82) is 0 Å². The Morgan fingerprint density at radius 2 is 1.96 bits per heavy atom. The van der Waals surface area contributed by atoms with E-state index < -0.39 is 0 Å². The molecule has 1 amide bonds. The molecule has 2 aliphatic carbocycles. The average molecular weight is 351 g/mol. The van der Waals surface area contributed by atoms with E-state index in [-0.39, 0.29) is 18.0 Å². The van der Waals surface area contributed by atoms with E-state index in [1.165, 1.54) is 36.4 Å². The van der Waals surface area contributed by atoms with Crippen LogP contribution in [0.3, 0.4) is 0 Å². The first-order chi connectivity index (χ1) is 12.7. The fourth-order valence-corrected chi connectivity index (χ4v) is 4.64. The van der Waals surface area contributed by atoms with Gasteiger partial charge in [-0.25, -0.2) is 4.68 Å². The summed E-state index contributed by atoms with van der Waals surface area (Å²) in [4.78, 5) is 24.3. The molecule has 4 rings (SSSR count). The van der Waals surface area contributed by atoms with Crippen molar-refractivity contribution < 1.29 is 4.79 Å². The van der Waals surface area contributed by atoms with Crippen LogP contribution in [0.5, 0.6) is 0 Å². The van der Waals surface area contributed by atoms with E-state index in [0.717, 1.165) is 29.7 Å². The van der Waals surface area contributed by atoms with Crippen LogP contribution in [0.15, 0.2) is 47.3 Å². The van der Waals surface area contributed by atoms with Gasteiger partial charge in [0.05, 0.1) is 5.69 Å². The van der Waals surface area contributed by atoms with Crippen LogP contribution in [0.1, 0.15) is 32.1 Å². The molecule has 0 aliphatic heterocycles. The number of aromatic nitrogens is 2. The molecule has 3 atom stereocenters. The van der Waals surface area contributed by atoms with Gasteiger partial charge >= 0.3 is 0 Å². The zero-order valence-electron chi connectivity index (χ0n) is 14.9. The lowest BCUT2D eigenvalue weighted by Gasteiger charge is -2.21. The molecule has 5 heteroatoms. The molecular weight excluding hydrogens is 326 g/mol. The van der Waals surface area contributed by atoms with Gasteiger partial charge in [0.25, 0.3) is 5.56 Å². The molecule has 1 N–H and O–H groups in total. The second-order valence-electron chi connectivity index (χ2n) is 7.65. The van der Waals surface area contributed by atoms with Crippen LogP contribution in [0.2, 0.25) is 0 Å². The van der Waals surface area contributed by atoms with Gasteiger partial charge < -0.3 is 5.32 Å². The van der Waals surface area contributed by atoms with Crippen LogP contribution in [0, 0.1) is 17.8 Å². The topological polar surface area (TPSA) is 64.0 Å². The third-order valence-corrected chi connectivity index (χ3v) is 5.95. The fraction of sp³-hybridized carbons (Fsp3) is 0.476. The molecule has 26 heavy (non-hydrogen) atoms. The minimum absolute atomic E-state index is 0.0315. The minimum Gasteiger partial charge on any atom is -0.354 e. The van der Waals surface area contributed by atoms with Crippen molar-refractivity contribution in [2.24, 2.45) is 17.8 Å². The SMILES string of the molecule is O=C(Cn1nc(-c2ccccc2)ccc1=O)NCCC1CC2CCC1C2. The highest BCUT2D eigenvalue weighted by atomic mass is 16.2. The van der Waals surface area contributed by atoms with Crippen molar-refractivity contribution in [3.05, 3.63) is 52.8 Å². The third-order valence-electron chi connectivity index (χ3n) is 5.95. The maximum atomic E-state index is 12.2. The molecule has 3 unspecified atom stereocenters. The van der Waals surface area contributed by atoms with Gasteiger partial charge in [-0.15, -0.1) is 0 Å². The Morgan fingerprint density at radius 1 is 1.12 bits per heavy atom. The number of carbonyl (C=O) groups is 1. The Kier molecular flexibility index (Phi) is 4.87. The van der Waals surface area contributed by atoms with Crippen LogP contribution in [0.4, 0.5) is 0 Å². The smallest absolute Gasteiger partial charge is 0.267 e. The average Bonchev–Trinajstić information content (AvgIpc) is 3.27. The summed E-state index contributed by atoms with van der Waals surface area (Å²) in [6.07, 6.45) is 6.55. The highest BCUT2D eigenvalue weighted by Gasteiger charge is 2.38. The van der Waals surface area contributed by atoms with Crippen LogP contribution >= 0.6 is 0 Å². The molecule has 0 radical (unpaired) electrons. The normalized spacial score (nSPS) is 23.9. The number of nitrogens with one attached hydrogen (secondary N) is 1. The van der Waals surface area contributed by atoms with E-state index >= 15 is 0 Å². The molecule has 1 aromatic heterocycles. The van der Waals surface area contributed by atoms with Crippen molar-refractivity contribution >= 4 is 5.91 Å². The van der Waals surface area contributed by atoms with E-state index in [1.807, 2.05) is 30.3 Å². The van der Waals surface area contributed by atoms with Crippen LogP contribution in [-0.2, 0) is 11.3 Å². The lowest BCUT2D eigenvalue weighted by atomic mass is 9.86. The quantitative estimate of drug-likeness (QED) is 0.870. The van der Waals surface area contributed by atoms with Gasteiger partial charge in [-0.05, 0) is 49.5 Å². The van der Waals surface area contributed by atoms with Crippen molar-refractivity contribution in [3.8, 4) is 11.3 Å². The summed E-state index contributed by atoms with van der Waals surface area (Å²) in [6, 6.07) is 12.8. The standard InChI is InChI=1S/C21H25N3O2/c25-20(22-11-10-18-13-15-6-7-17(18)12-15)14-24-21(26)9-8-19(23-24)16-4-2-1-3-5-16/h1-5,8-9,15,17-18H,6-7,10-14H2,(H,22,25). The van der Waals surface area contributed by atoms with Crippen LogP contribution in [-0.4, -0.2) is 22.2 Å². The lowest BCUT2D eigenvalue weighted by Crippen LogP contribution is -2.34. The van der Waals surface area contributed by atoms with Crippen molar-refractivity contribution in [2.45, 2.75) is 38.6 Å². The molecule has 136 valence electrons. The predicted molar refractivity (Wildman–Crippen MR) is 100 cm³/mol. The van der Waals surface area contributed by atoms with Gasteiger partial charge in [0.2, 0.25) is 5.91 Å². The first-order valence-electron chi connectivity index (χ1n) is 9.59. The van der Waals surface area contributed by atoms with Crippen molar-refractivity contribution in [1.82, 2.24) is 15.1 Å². The largest absolute Gasteiger partial charge is 0.354 e. The Hall–Kier alpha value is -2.43. The van der Waals surface area contributed by atoms with Gasteiger partial charge in [0, 0.05) is 18.2 Å². The molecule has 2 bridgehead atoms. The van der Waals surface area contributed by atoms with Gasteiger partial charge in [0.15, 0.2) is 0 Å². The molecule has 0 saturated heterocycles. The van der Waals surface area contributed by atoms with E-state index in [2.05, 4.69) is 10.4 Å². The van der Waals surface area contributed by atoms with Gasteiger partial charge in [0.1, 0.15) is 6.54 Å². The van der Waals surface area contributed by atoms with Crippen LogP contribution in [0.25, 0.3) is 11.3 Å². The third kappa shape index (κ3) is 3.71. The Balaban J connectivity index is 1.33. The Morgan fingerprint density at radius 3 is 2.69 bits per heavy atom. The highest BCUT2D eigenvalue weighted by Crippen LogP contribution is 2.49. The number of hydrogen-bond acceptors (Lipinski definition) is 3. The second kappa shape index (κ2) is 7.44. The number of carbonyl (C=O) groups excluding carboxylic acids is 1. The van der Waals surface area contributed by atoms with Gasteiger partial charge in [-0.2, -0.15) is 5.10 Å².